The molecule has 1 aliphatic rings. The predicted octanol–water partition coefficient (Wildman–Crippen LogP) is 1.89. The zero-order valence-corrected chi connectivity index (χ0v) is 16.9. The first-order chi connectivity index (χ1) is 13.3. The van der Waals surface area contributed by atoms with E-state index in [4.69, 9.17) is 15.8 Å². The van der Waals surface area contributed by atoms with Crippen molar-refractivity contribution in [2.24, 2.45) is 7.05 Å². The van der Waals surface area contributed by atoms with Crippen LogP contribution in [-0.2, 0) is 11.8 Å². The van der Waals surface area contributed by atoms with Crippen LogP contribution in [0.1, 0.15) is 19.3 Å². The highest BCUT2D eigenvalue weighted by atomic mass is 79.9. The van der Waals surface area contributed by atoms with Crippen molar-refractivity contribution in [1.82, 2.24) is 19.2 Å². The minimum absolute atomic E-state index is 0.253. The van der Waals surface area contributed by atoms with Gasteiger partial charge in [0.15, 0.2) is 5.65 Å². The van der Waals surface area contributed by atoms with E-state index in [-0.39, 0.29) is 6.42 Å². The number of aliphatic carboxylic acids is 1. The molecule has 0 spiro atoms. The van der Waals surface area contributed by atoms with Crippen molar-refractivity contribution in [3.63, 3.8) is 0 Å². The lowest BCUT2D eigenvalue weighted by Crippen LogP contribution is -2.46. The number of carboxylic acid groups (broad SMARTS) is 1. The standard InChI is InChI=1S/C18H21BrN6O3/c1-23-5-2-11(10-23)12-9-21-25-15(20)14(19)17(22-16(12)25)24-6-3-18(28,4-7-24)8-13(26)27/h2,5,9-10,28H,3-4,6-8,20H2,1H3,(H,26,27). The molecule has 148 valence electrons. The molecule has 3 aromatic rings. The van der Waals surface area contributed by atoms with E-state index in [9.17, 15) is 9.90 Å². The van der Waals surface area contributed by atoms with Crippen LogP contribution in [0.5, 0.6) is 0 Å². The normalized spacial score (nSPS) is 16.6. The lowest BCUT2D eigenvalue weighted by molar-refractivity contribution is -0.143. The maximum atomic E-state index is 11.0. The Labute approximate surface area is 169 Å². The van der Waals surface area contributed by atoms with Gasteiger partial charge in [-0.15, -0.1) is 0 Å². The summed E-state index contributed by atoms with van der Waals surface area (Å²) in [5, 5.41) is 23.9. The summed E-state index contributed by atoms with van der Waals surface area (Å²) < 4.78 is 4.18. The van der Waals surface area contributed by atoms with Gasteiger partial charge in [-0.25, -0.2) is 4.98 Å². The summed E-state index contributed by atoms with van der Waals surface area (Å²) in [5.74, 6) is 0.112. The Balaban J connectivity index is 1.70. The summed E-state index contributed by atoms with van der Waals surface area (Å²) in [4.78, 5) is 17.8. The molecule has 4 N–H and O–H groups in total. The second-order valence-corrected chi connectivity index (χ2v) is 8.07. The van der Waals surface area contributed by atoms with Gasteiger partial charge < -0.3 is 25.4 Å². The van der Waals surface area contributed by atoms with E-state index in [0.717, 1.165) is 11.1 Å². The number of carboxylic acids is 1. The monoisotopic (exact) mass is 448 g/mol. The Morgan fingerprint density at radius 1 is 1.39 bits per heavy atom. The van der Waals surface area contributed by atoms with E-state index in [0.29, 0.717) is 47.7 Å². The highest BCUT2D eigenvalue weighted by Crippen LogP contribution is 2.36. The van der Waals surface area contributed by atoms with E-state index in [1.54, 1.807) is 10.7 Å². The van der Waals surface area contributed by atoms with E-state index >= 15 is 0 Å². The number of hydrogen-bond acceptors (Lipinski definition) is 6. The quantitative estimate of drug-likeness (QED) is 0.556. The van der Waals surface area contributed by atoms with E-state index in [2.05, 4.69) is 21.0 Å². The van der Waals surface area contributed by atoms with Gasteiger partial charge in [0.25, 0.3) is 0 Å². The van der Waals surface area contributed by atoms with Crippen molar-refractivity contribution >= 4 is 39.2 Å². The third kappa shape index (κ3) is 3.22. The van der Waals surface area contributed by atoms with Gasteiger partial charge in [0.05, 0.1) is 18.2 Å². The maximum absolute atomic E-state index is 11.0. The van der Waals surface area contributed by atoms with Crippen molar-refractivity contribution in [2.75, 3.05) is 23.7 Å². The molecular formula is C18H21BrN6O3. The topological polar surface area (TPSA) is 122 Å². The minimum Gasteiger partial charge on any atom is -0.481 e. The second-order valence-electron chi connectivity index (χ2n) is 7.28. The smallest absolute Gasteiger partial charge is 0.306 e. The van der Waals surface area contributed by atoms with Crippen LogP contribution in [0.25, 0.3) is 16.8 Å². The third-order valence-electron chi connectivity index (χ3n) is 5.22. The molecule has 28 heavy (non-hydrogen) atoms. The molecule has 0 amide bonds. The Morgan fingerprint density at radius 3 is 2.71 bits per heavy atom. The van der Waals surface area contributed by atoms with Gasteiger partial charge in [-0.2, -0.15) is 9.61 Å². The first-order valence-electron chi connectivity index (χ1n) is 8.91. The van der Waals surface area contributed by atoms with E-state index in [1.807, 2.05) is 35.0 Å². The van der Waals surface area contributed by atoms with Crippen molar-refractivity contribution in [2.45, 2.75) is 24.9 Å². The highest BCUT2D eigenvalue weighted by molar-refractivity contribution is 9.10. The van der Waals surface area contributed by atoms with Gasteiger partial charge in [0.1, 0.15) is 16.1 Å². The molecule has 0 saturated carbocycles. The molecule has 0 aromatic carbocycles. The molecule has 4 heterocycles. The fourth-order valence-corrected chi connectivity index (χ4v) is 4.16. The van der Waals surface area contributed by atoms with Crippen molar-refractivity contribution in [3.8, 4) is 11.1 Å². The van der Waals surface area contributed by atoms with Crippen molar-refractivity contribution in [3.05, 3.63) is 29.1 Å². The van der Waals surface area contributed by atoms with Gasteiger partial charge in [-0.1, -0.05) is 0 Å². The maximum Gasteiger partial charge on any atom is 0.306 e. The Bertz CT molecular complexity index is 1050. The molecule has 0 unspecified atom stereocenters. The summed E-state index contributed by atoms with van der Waals surface area (Å²) >= 11 is 3.52. The van der Waals surface area contributed by atoms with Crippen LogP contribution < -0.4 is 10.6 Å². The van der Waals surface area contributed by atoms with Crippen LogP contribution in [-0.4, -0.2) is 54.0 Å². The van der Waals surface area contributed by atoms with Crippen molar-refractivity contribution < 1.29 is 15.0 Å². The molecule has 1 saturated heterocycles. The SMILES string of the molecule is Cn1ccc(-c2cnn3c(N)c(Br)c(N4CCC(O)(CC(=O)O)CC4)nc23)c1. The number of hydrogen-bond donors (Lipinski definition) is 3. The molecule has 3 aromatic heterocycles. The highest BCUT2D eigenvalue weighted by Gasteiger charge is 2.35. The Hall–Kier alpha value is -2.59. The lowest BCUT2D eigenvalue weighted by atomic mass is 9.88. The fraction of sp³-hybridized carbons (Fsp3) is 0.389. The molecule has 0 aliphatic carbocycles. The van der Waals surface area contributed by atoms with Gasteiger partial charge >= 0.3 is 5.97 Å². The zero-order valence-electron chi connectivity index (χ0n) is 15.3. The van der Waals surface area contributed by atoms with E-state index in [1.165, 1.54) is 0 Å². The minimum atomic E-state index is -1.18. The summed E-state index contributed by atoms with van der Waals surface area (Å²) in [5.41, 5.74) is 7.63. The molecule has 0 radical (unpaired) electrons. The largest absolute Gasteiger partial charge is 0.481 e. The molecule has 9 nitrogen and oxygen atoms in total. The molecule has 0 bridgehead atoms. The molecule has 0 atom stereocenters. The number of aromatic nitrogens is 4. The molecule has 1 fully saturated rings. The predicted molar refractivity (Wildman–Crippen MR) is 108 cm³/mol. The van der Waals surface area contributed by atoms with Gasteiger partial charge in [0.2, 0.25) is 0 Å². The van der Waals surface area contributed by atoms with Crippen LogP contribution >= 0.6 is 15.9 Å². The number of halogens is 1. The van der Waals surface area contributed by atoms with Crippen LogP contribution in [0.15, 0.2) is 29.1 Å². The zero-order chi connectivity index (χ0) is 20.1. The first-order valence-corrected chi connectivity index (χ1v) is 9.71. The number of carbonyl (C=O) groups is 1. The summed E-state index contributed by atoms with van der Waals surface area (Å²) in [6.45, 7) is 0.972. The van der Waals surface area contributed by atoms with Gasteiger partial charge in [-0.3, -0.25) is 4.79 Å². The molecular weight excluding hydrogens is 428 g/mol. The summed E-state index contributed by atoms with van der Waals surface area (Å²) in [6.07, 6.45) is 6.13. The Kier molecular flexibility index (Phi) is 4.54. The fourth-order valence-electron chi connectivity index (χ4n) is 3.65. The average Bonchev–Trinajstić information content (AvgIpc) is 3.24. The molecule has 1 aliphatic heterocycles. The Morgan fingerprint density at radius 2 is 2.11 bits per heavy atom. The van der Waals surface area contributed by atoms with Crippen LogP contribution in [0.2, 0.25) is 0 Å². The van der Waals surface area contributed by atoms with Crippen molar-refractivity contribution in [1.29, 1.82) is 0 Å². The van der Waals surface area contributed by atoms with E-state index < -0.39 is 11.6 Å². The number of nitrogen functional groups attached to an aromatic ring is 1. The number of fused-ring (bicyclic) bond motifs is 1. The number of aryl methyl sites for hydroxylation is 1. The number of piperidine rings is 1. The number of anilines is 2. The van der Waals surface area contributed by atoms with Gasteiger partial charge in [-0.05, 0) is 34.8 Å². The number of nitrogens with two attached hydrogens (primary N) is 1. The number of aliphatic hydroxyl groups is 1. The van der Waals surface area contributed by atoms with Gasteiger partial charge in [0, 0.05) is 43.7 Å². The summed E-state index contributed by atoms with van der Waals surface area (Å²) in [7, 11) is 1.95. The average molecular weight is 449 g/mol. The number of rotatable bonds is 4. The molecule has 4 rings (SSSR count). The van der Waals surface area contributed by atoms with Crippen LogP contribution in [0, 0.1) is 0 Å². The first kappa shape index (κ1) is 18.8. The van der Waals surface area contributed by atoms with Crippen LogP contribution in [0.3, 0.4) is 0 Å². The lowest BCUT2D eigenvalue weighted by Gasteiger charge is -2.38. The molecule has 10 heteroatoms. The third-order valence-corrected chi connectivity index (χ3v) is 5.98. The van der Waals surface area contributed by atoms with Crippen LogP contribution in [0.4, 0.5) is 11.6 Å². The second kappa shape index (κ2) is 6.78. The number of nitrogens with zero attached hydrogens (tertiary/aromatic N) is 5. The summed E-state index contributed by atoms with van der Waals surface area (Å²) in [6, 6.07) is 1.99.